The average molecular weight is 377 g/mol. The number of aliphatic hydroxyl groups excluding tert-OH is 1. The van der Waals surface area contributed by atoms with Crippen molar-refractivity contribution in [3.63, 3.8) is 0 Å². The molecule has 1 aromatic heterocycles. The molecule has 2 aromatic rings. The van der Waals surface area contributed by atoms with Crippen LogP contribution in [-0.2, 0) is 17.1 Å². The van der Waals surface area contributed by atoms with Gasteiger partial charge < -0.3 is 5.11 Å². The van der Waals surface area contributed by atoms with Crippen LogP contribution in [-0.4, -0.2) is 15.9 Å². The Kier molecular flexibility index (Phi) is 4.46. The van der Waals surface area contributed by atoms with Crippen LogP contribution in [0.5, 0.6) is 0 Å². The molecule has 3 nitrogen and oxygen atoms in total. The van der Waals surface area contributed by atoms with Gasteiger partial charge in [0.15, 0.2) is 0 Å². The van der Waals surface area contributed by atoms with Crippen molar-refractivity contribution in [1.82, 2.24) is 4.98 Å². The summed E-state index contributed by atoms with van der Waals surface area (Å²) in [7, 11) is 0. The number of para-hydroxylation sites is 1. The van der Waals surface area contributed by atoms with E-state index in [2.05, 4.69) is 4.98 Å². The maximum absolute atomic E-state index is 13.2. The molecule has 1 heterocycles. The van der Waals surface area contributed by atoms with E-state index in [1.807, 2.05) is 0 Å². The number of rotatable bonds is 2. The van der Waals surface area contributed by atoms with Crippen LogP contribution in [0.2, 0.25) is 0 Å². The Bertz CT molecular complexity index is 859. The summed E-state index contributed by atoms with van der Waals surface area (Å²) in [6.07, 6.45) is -10.6. The highest BCUT2D eigenvalue weighted by Crippen LogP contribution is 2.41. The number of fused-ring (bicyclic) bond motifs is 1. The Balaban J connectivity index is 2.29. The number of aromatic nitrogens is 1. The molecule has 0 radical (unpaired) electrons. The first-order chi connectivity index (χ1) is 12.0. The number of ketones is 1. The lowest BCUT2D eigenvalue weighted by Gasteiger charge is -2.21. The third-order valence-corrected chi connectivity index (χ3v) is 4.52. The van der Waals surface area contributed by atoms with E-state index >= 15 is 0 Å². The maximum atomic E-state index is 13.2. The number of hydrogen-bond acceptors (Lipinski definition) is 3. The predicted molar refractivity (Wildman–Crippen MR) is 79.1 cm³/mol. The number of alkyl halides is 6. The van der Waals surface area contributed by atoms with Gasteiger partial charge in [-0.05, 0) is 30.5 Å². The monoisotopic (exact) mass is 377 g/mol. The van der Waals surface area contributed by atoms with E-state index in [9.17, 15) is 36.2 Å². The topological polar surface area (TPSA) is 50.2 Å². The molecule has 26 heavy (non-hydrogen) atoms. The Hall–Kier alpha value is -2.16. The molecule has 0 bridgehead atoms. The molecule has 1 fully saturated rings. The number of halogens is 6. The van der Waals surface area contributed by atoms with Gasteiger partial charge in [0.05, 0.1) is 17.2 Å². The lowest BCUT2D eigenvalue weighted by molar-refractivity contribution is -0.142. The summed E-state index contributed by atoms with van der Waals surface area (Å²) in [6, 6.07) is 3.35. The van der Waals surface area contributed by atoms with Crippen LogP contribution < -0.4 is 0 Å². The number of benzene rings is 1. The van der Waals surface area contributed by atoms with Gasteiger partial charge in [0.25, 0.3) is 0 Å². The fourth-order valence-corrected chi connectivity index (χ4v) is 3.29. The minimum atomic E-state index is -5.00. The van der Waals surface area contributed by atoms with E-state index in [4.69, 9.17) is 0 Å². The number of nitrogens with zero attached hydrogens (tertiary/aromatic N) is 1. The highest BCUT2D eigenvalue weighted by atomic mass is 19.4. The van der Waals surface area contributed by atoms with Crippen LogP contribution in [0.4, 0.5) is 26.3 Å². The third kappa shape index (κ3) is 3.27. The van der Waals surface area contributed by atoms with Crippen LogP contribution in [0.15, 0.2) is 24.3 Å². The summed E-state index contributed by atoms with van der Waals surface area (Å²) >= 11 is 0. The van der Waals surface area contributed by atoms with Crippen molar-refractivity contribution in [2.45, 2.75) is 37.7 Å². The fourth-order valence-electron chi connectivity index (χ4n) is 3.29. The molecule has 140 valence electrons. The SMILES string of the molecule is O=C1CCC[C@H]1[C@H](O)c1cc(C(F)(F)F)nc2c(C(F)(F)F)cccc12. The van der Waals surface area contributed by atoms with Crippen LogP contribution in [0.25, 0.3) is 10.9 Å². The Morgan fingerprint density at radius 3 is 2.35 bits per heavy atom. The number of carbonyl (C=O) groups is 1. The molecule has 1 aliphatic carbocycles. The molecule has 9 heteroatoms. The number of aliphatic hydroxyl groups is 1. The fraction of sp³-hybridized carbons (Fsp3) is 0.412. The molecule has 0 spiro atoms. The largest absolute Gasteiger partial charge is 0.433 e. The summed E-state index contributed by atoms with van der Waals surface area (Å²) < 4.78 is 79.1. The summed E-state index contributed by atoms with van der Waals surface area (Å²) in [5.74, 6) is -1.25. The number of Topliss-reactive ketones (excluding diaryl/α,β-unsaturated/α-hetero) is 1. The van der Waals surface area contributed by atoms with Crippen molar-refractivity contribution in [2.24, 2.45) is 5.92 Å². The minimum absolute atomic E-state index is 0.185. The van der Waals surface area contributed by atoms with E-state index in [0.29, 0.717) is 18.6 Å². The molecule has 0 saturated heterocycles. The molecule has 1 N–H and O–H groups in total. The Labute approximate surface area is 143 Å². The first-order valence-corrected chi connectivity index (χ1v) is 7.79. The zero-order chi connectivity index (χ0) is 19.3. The standard InChI is InChI=1S/C17H13F6NO2/c18-16(19,20)11-5-1-3-8-10(15(26)9-4-2-6-12(9)25)7-13(17(21,22)23)24-14(8)11/h1,3,5,7,9,15,26H,2,4,6H2/t9-,15+/m1/s1. The number of carbonyl (C=O) groups excluding carboxylic acids is 1. The van der Waals surface area contributed by atoms with Gasteiger partial charge in [0.1, 0.15) is 11.5 Å². The van der Waals surface area contributed by atoms with Gasteiger partial charge in [-0.15, -0.1) is 0 Å². The highest BCUT2D eigenvalue weighted by molar-refractivity contribution is 5.88. The number of pyridine rings is 1. The minimum Gasteiger partial charge on any atom is -0.388 e. The van der Waals surface area contributed by atoms with Crippen molar-refractivity contribution < 1.29 is 36.2 Å². The first-order valence-electron chi connectivity index (χ1n) is 7.79. The van der Waals surface area contributed by atoms with E-state index < -0.39 is 41.1 Å². The summed E-state index contributed by atoms with van der Waals surface area (Å²) in [5, 5.41) is 10.2. The first kappa shape index (κ1) is 18.6. The second-order valence-corrected chi connectivity index (χ2v) is 6.20. The Morgan fingerprint density at radius 1 is 1.12 bits per heavy atom. The van der Waals surface area contributed by atoms with Gasteiger partial charge in [-0.3, -0.25) is 4.79 Å². The molecular formula is C17H13F6NO2. The molecule has 1 saturated carbocycles. The average Bonchev–Trinajstić information content (AvgIpc) is 2.96. The van der Waals surface area contributed by atoms with E-state index in [0.717, 1.165) is 12.1 Å². The zero-order valence-electron chi connectivity index (χ0n) is 13.2. The lowest BCUT2D eigenvalue weighted by Crippen LogP contribution is -2.19. The maximum Gasteiger partial charge on any atom is 0.433 e. The van der Waals surface area contributed by atoms with E-state index in [1.54, 1.807) is 0 Å². The smallest absolute Gasteiger partial charge is 0.388 e. The molecule has 3 rings (SSSR count). The van der Waals surface area contributed by atoms with Crippen LogP contribution >= 0.6 is 0 Å². The van der Waals surface area contributed by atoms with Gasteiger partial charge in [0.2, 0.25) is 0 Å². The van der Waals surface area contributed by atoms with Gasteiger partial charge >= 0.3 is 12.4 Å². The molecule has 1 aliphatic rings. The van der Waals surface area contributed by atoms with Crippen molar-refractivity contribution in [3.05, 3.63) is 41.1 Å². The quantitative estimate of drug-likeness (QED) is 0.774. The van der Waals surface area contributed by atoms with Crippen molar-refractivity contribution in [1.29, 1.82) is 0 Å². The second kappa shape index (κ2) is 6.22. The van der Waals surface area contributed by atoms with Crippen molar-refractivity contribution >= 4 is 16.7 Å². The summed E-state index contributed by atoms with van der Waals surface area (Å²) in [6.45, 7) is 0. The number of hydrogen-bond donors (Lipinski definition) is 1. The van der Waals surface area contributed by atoms with Crippen LogP contribution in [0.3, 0.4) is 0 Å². The van der Waals surface area contributed by atoms with Crippen LogP contribution in [0, 0.1) is 5.92 Å². The normalized spacial score (nSPS) is 20.0. The van der Waals surface area contributed by atoms with Gasteiger partial charge in [0, 0.05) is 17.7 Å². The van der Waals surface area contributed by atoms with Crippen LogP contribution in [0.1, 0.15) is 42.2 Å². The van der Waals surface area contributed by atoms with Gasteiger partial charge in [-0.1, -0.05) is 12.1 Å². The van der Waals surface area contributed by atoms with Gasteiger partial charge in [-0.25, -0.2) is 4.98 Å². The van der Waals surface area contributed by atoms with Gasteiger partial charge in [-0.2, -0.15) is 26.3 Å². The molecule has 0 unspecified atom stereocenters. The molecular weight excluding hydrogens is 364 g/mol. The van der Waals surface area contributed by atoms with E-state index in [1.165, 1.54) is 0 Å². The predicted octanol–water partition coefficient (Wildman–Crippen LogP) is 4.68. The van der Waals surface area contributed by atoms with E-state index in [-0.39, 0.29) is 29.6 Å². The molecule has 0 amide bonds. The highest BCUT2D eigenvalue weighted by Gasteiger charge is 2.39. The van der Waals surface area contributed by atoms with Crippen molar-refractivity contribution in [3.8, 4) is 0 Å². The second-order valence-electron chi connectivity index (χ2n) is 6.20. The lowest BCUT2D eigenvalue weighted by atomic mass is 9.90. The van der Waals surface area contributed by atoms with Crippen molar-refractivity contribution in [2.75, 3.05) is 0 Å². The Morgan fingerprint density at radius 2 is 1.81 bits per heavy atom. The summed E-state index contributed by atoms with van der Waals surface area (Å²) in [4.78, 5) is 15.0. The molecule has 2 atom stereocenters. The summed E-state index contributed by atoms with van der Waals surface area (Å²) in [5.41, 5.74) is -4.13. The third-order valence-electron chi connectivity index (χ3n) is 4.52. The zero-order valence-corrected chi connectivity index (χ0v) is 13.2. The molecule has 0 aliphatic heterocycles. The molecule has 1 aromatic carbocycles.